The van der Waals surface area contributed by atoms with E-state index in [1.807, 2.05) is 32.0 Å². The van der Waals surface area contributed by atoms with Crippen LogP contribution in [0.4, 0.5) is 5.69 Å². The van der Waals surface area contributed by atoms with Crippen molar-refractivity contribution in [3.63, 3.8) is 0 Å². The maximum absolute atomic E-state index is 12.6. The van der Waals surface area contributed by atoms with E-state index in [0.29, 0.717) is 24.5 Å². The molecule has 2 amide bonds. The highest BCUT2D eigenvalue weighted by Gasteiger charge is 2.17. The minimum atomic E-state index is -0.213. The maximum atomic E-state index is 12.6. The zero-order chi connectivity index (χ0) is 23.5. The Bertz CT molecular complexity index is 1230. The highest BCUT2D eigenvalue weighted by atomic mass is 35.5. The molecule has 1 atom stereocenters. The molecule has 1 unspecified atom stereocenters. The van der Waals surface area contributed by atoms with E-state index >= 15 is 0 Å². The molecule has 6 nitrogen and oxygen atoms in total. The number of nitrogens with zero attached hydrogens (tertiary/aromatic N) is 2. The number of aromatic nitrogens is 2. The van der Waals surface area contributed by atoms with Crippen LogP contribution in [-0.4, -0.2) is 21.6 Å². The summed E-state index contributed by atoms with van der Waals surface area (Å²) in [6.45, 7) is 6.43. The summed E-state index contributed by atoms with van der Waals surface area (Å²) in [7, 11) is 0. The fraction of sp³-hybridized carbons (Fsp3) is 0.269. The molecule has 0 saturated heterocycles. The quantitative estimate of drug-likeness (QED) is 0.507. The number of nitrogens with one attached hydrogen (secondary N) is 2. The molecule has 0 saturated carbocycles. The lowest BCUT2D eigenvalue weighted by molar-refractivity contribution is -0.117. The van der Waals surface area contributed by atoms with Crippen LogP contribution in [0.3, 0.4) is 0 Å². The van der Waals surface area contributed by atoms with Crippen molar-refractivity contribution in [3.8, 4) is 0 Å². The number of benzene rings is 2. The van der Waals surface area contributed by atoms with Gasteiger partial charge in [0.05, 0.1) is 18.3 Å². The first kappa shape index (κ1) is 22.8. The summed E-state index contributed by atoms with van der Waals surface area (Å²) in [6.07, 6.45) is 4.39. The number of hydrogen-bond acceptors (Lipinski definition) is 3. The van der Waals surface area contributed by atoms with Gasteiger partial charge in [0.2, 0.25) is 11.8 Å². The van der Waals surface area contributed by atoms with Crippen LogP contribution in [0.15, 0.2) is 48.5 Å². The van der Waals surface area contributed by atoms with Crippen LogP contribution < -0.4 is 10.6 Å². The van der Waals surface area contributed by atoms with E-state index in [-0.39, 0.29) is 17.9 Å². The lowest BCUT2D eigenvalue weighted by Gasteiger charge is -2.20. The molecule has 1 aliphatic rings. The Morgan fingerprint density at radius 1 is 1.21 bits per heavy atom. The average Bonchev–Trinajstić information content (AvgIpc) is 3.05. The summed E-state index contributed by atoms with van der Waals surface area (Å²) in [5.41, 5.74) is 6.74. The zero-order valence-corrected chi connectivity index (χ0v) is 19.7. The molecular formula is C26H27ClN4O2. The minimum absolute atomic E-state index is 0.0397. The van der Waals surface area contributed by atoms with Gasteiger partial charge < -0.3 is 10.6 Å². The fourth-order valence-corrected chi connectivity index (χ4v) is 4.20. The second-order valence-electron chi connectivity index (χ2n) is 8.46. The van der Waals surface area contributed by atoms with Gasteiger partial charge in [-0.3, -0.25) is 9.59 Å². The lowest BCUT2D eigenvalue weighted by Crippen LogP contribution is -2.25. The van der Waals surface area contributed by atoms with Crippen LogP contribution in [0.1, 0.15) is 52.9 Å². The molecule has 0 spiro atoms. The van der Waals surface area contributed by atoms with Crippen molar-refractivity contribution in [1.82, 2.24) is 15.1 Å². The van der Waals surface area contributed by atoms with Crippen LogP contribution in [0.25, 0.3) is 6.08 Å². The molecule has 170 valence electrons. The van der Waals surface area contributed by atoms with E-state index in [1.165, 1.54) is 11.6 Å². The Kier molecular flexibility index (Phi) is 6.65. The van der Waals surface area contributed by atoms with Crippen LogP contribution in [0, 0.1) is 13.8 Å². The molecule has 1 aromatic heterocycles. The molecule has 2 heterocycles. The molecule has 2 N–H and O–H groups in total. The third-order valence-corrected chi connectivity index (χ3v) is 6.25. The highest BCUT2D eigenvalue weighted by Crippen LogP contribution is 2.26. The summed E-state index contributed by atoms with van der Waals surface area (Å²) in [5.74, 6) is -0.173. The number of amides is 2. The third-order valence-electron chi connectivity index (χ3n) is 5.85. The summed E-state index contributed by atoms with van der Waals surface area (Å²) >= 11 is 6.56. The van der Waals surface area contributed by atoms with Crippen molar-refractivity contribution < 1.29 is 9.59 Å². The summed E-state index contributed by atoms with van der Waals surface area (Å²) in [4.78, 5) is 24.1. The Morgan fingerprint density at radius 2 is 1.97 bits per heavy atom. The summed E-state index contributed by atoms with van der Waals surface area (Å²) in [5, 5.41) is 10.9. The smallest absolute Gasteiger partial charge is 0.244 e. The van der Waals surface area contributed by atoms with Gasteiger partial charge in [-0.1, -0.05) is 53.6 Å². The molecule has 3 aromatic rings. The Morgan fingerprint density at radius 3 is 2.73 bits per heavy atom. The lowest BCUT2D eigenvalue weighted by atomic mass is 9.98. The Hall–Kier alpha value is -3.38. The number of carbonyl (C=O) groups is 2. The Balaban J connectivity index is 1.42. The maximum Gasteiger partial charge on any atom is 0.244 e. The summed E-state index contributed by atoms with van der Waals surface area (Å²) in [6, 6.07) is 13.9. The molecule has 1 aliphatic heterocycles. The normalized spacial score (nSPS) is 14.1. The number of halogens is 1. The zero-order valence-electron chi connectivity index (χ0n) is 19.0. The molecular weight excluding hydrogens is 436 g/mol. The third kappa shape index (κ3) is 5.34. The van der Waals surface area contributed by atoms with Crippen LogP contribution in [0.2, 0.25) is 5.15 Å². The predicted molar refractivity (Wildman–Crippen MR) is 131 cm³/mol. The van der Waals surface area contributed by atoms with Crippen molar-refractivity contribution in [1.29, 1.82) is 0 Å². The van der Waals surface area contributed by atoms with E-state index < -0.39 is 0 Å². The number of aryl methyl sites for hydroxylation is 3. The second-order valence-corrected chi connectivity index (χ2v) is 8.82. The van der Waals surface area contributed by atoms with Crippen LogP contribution in [-0.2, 0) is 22.6 Å². The molecule has 0 bridgehead atoms. The average molecular weight is 463 g/mol. The standard InChI is InChI=1S/C26H27ClN4O2/c1-16-4-6-19(7-5-16)15-31-26(27)22(18(3)30-31)10-13-24(32)28-17(2)20-8-11-23-21(14-20)9-12-25(33)29-23/h4-8,10-11,13-14,17H,9,12,15H2,1-3H3,(H,28,32)(H,29,33). The second kappa shape index (κ2) is 9.63. The first-order valence-electron chi connectivity index (χ1n) is 11.0. The summed E-state index contributed by atoms with van der Waals surface area (Å²) < 4.78 is 1.74. The van der Waals surface area contributed by atoms with Crippen molar-refractivity contribution >= 4 is 35.2 Å². The Labute approximate surface area is 198 Å². The van der Waals surface area contributed by atoms with E-state index in [1.54, 1.807) is 10.8 Å². The number of rotatable bonds is 6. The van der Waals surface area contributed by atoms with Gasteiger partial charge in [0.25, 0.3) is 0 Å². The van der Waals surface area contributed by atoms with Gasteiger partial charge in [-0.25, -0.2) is 4.68 Å². The van der Waals surface area contributed by atoms with Gasteiger partial charge in [0.15, 0.2) is 0 Å². The van der Waals surface area contributed by atoms with E-state index in [0.717, 1.165) is 33.6 Å². The predicted octanol–water partition coefficient (Wildman–Crippen LogP) is 4.98. The number of anilines is 1. The largest absolute Gasteiger partial charge is 0.346 e. The molecule has 0 radical (unpaired) electrons. The van der Waals surface area contributed by atoms with Gasteiger partial charge in [-0.15, -0.1) is 0 Å². The van der Waals surface area contributed by atoms with Gasteiger partial charge >= 0.3 is 0 Å². The fourth-order valence-electron chi connectivity index (χ4n) is 3.90. The van der Waals surface area contributed by atoms with Gasteiger partial charge in [0, 0.05) is 23.7 Å². The van der Waals surface area contributed by atoms with Crippen molar-refractivity contribution in [3.05, 3.63) is 87.2 Å². The minimum Gasteiger partial charge on any atom is -0.346 e. The molecule has 4 rings (SSSR count). The monoisotopic (exact) mass is 462 g/mol. The highest BCUT2D eigenvalue weighted by molar-refractivity contribution is 6.31. The van der Waals surface area contributed by atoms with Crippen molar-refractivity contribution in [2.24, 2.45) is 0 Å². The number of fused-ring (bicyclic) bond motifs is 1. The molecule has 0 aliphatic carbocycles. The SMILES string of the molecule is Cc1ccc(Cn2nc(C)c(C=CC(=O)NC(C)c3ccc4c(c3)CCC(=O)N4)c2Cl)cc1. The van der Waals surface area contributed by atoms with Crippen molar-refractivity contribution in [2.45, 2.75) is 46.2 Å². The van der Waals surface area contributed by atoms with Gasteiger partial charge in [-0.05, 0) is 56.0 Å². The molecule has 2 aromatic carbocycles. The van der Waals surface area contributed by atoms with Crippen molar-refractivity contribution in [2.75, 3.05) is 5.32 Å². The molecule has 33 heavy (non-hydrogen) atoms. The topological polar surface area (TPSA) is 76.0 Å². The molecule has 7 heteroatoms. The number of carbonyl (C=O) groups excluding carboxylic acids is 2. The van der Waals surface area contributed by atoms with Crippen LogP contribution >= 0.6 is 11.6 Å². The first-order valence-corrected chi connectivity index (χ1v) is 11.4. The van der Waals surface area contributed by atoms with E-state index in [9.17, 15) is 9.59 Å². The first-order chi connectivity index (χ1) is 15.8. The van der Waals surface area contributed by atoms with Crippen LogP contribution in [0.5, 0.6) is 0 Å². The van der Waals surface area contributed by atoms with Gasteiger partial charge in [0.1, 0.15) is 5.15 Å². The van der Waals surface area contributed by atoms with Gasteiger partial charge in [-0.2, -0.15) is 5.10 Å². The van der Waals surface area contributed by atoms with E-state index in [2.05, 4.69) is 46.9 Å². The number of hydrogen-bond donors (Lipinski definition) is 2. The van der Waals surface area contributed by atoms with E-state index in [4.69, 9.17) is 11.6 Å². The molecule has 0 fully saturated rings.